The highest BCUT2D eigenvalue weighted by atomic mass is 16.3. The fraction of sp³-hybridized carbons (Fsp3) is 0.0667. The summed E-state index contributed by atoms with van der Waals surface area (Å²) in [6.45, 7) is 1.48. The fourth-order valence-electron chi connectivity index (χ4n) is 2.50. The van der Waals surface area contributed by atoms with Gasteiger partial charge in [0.15, 0.2) is 17.3 Å². The van der Waals surface area contributed by atoms with Crippen LogP contribution in [0.25, 0.3) is 0 Å². The van der Waals surface area contributed by atoms with Crippen molar-refractivity contribution in [1.29, 1.82) is 0 Å². The van der Waals surface area contributed by atoms with Crippen LogP contribution in [0.3, 0.4) is 0 Å². The van der Waals surface area contributed by atoms with Gasteiger partial charge in [-0.2, -0.15) is 0 Å². The number of carbonyl (C=O) groups is 2. The quantitative estimate of drug-likeness (QED) is 0.368. The molecule has 106 valence electrons. The second-order valence-electron chi connectivity index (χ2n) is 4.83. The van der Waals surface area contributed by atoms with Crippen molar-refractivity contribution in [2.24, 2.45) is 0 Å². The molecular weight excluding hydrogens is 276 g/mol. The van der Waals surface area contributed by atoms with Gasteiger partial charge in [0, 0.05) is 5.56 Å². The summed E-state index contributed by atoms with van der Waals surface area (Å²) in [5.41, 5.74) is -0.945. The van der Waals surface area contributed by atoms with Crippen molar-refractivity contribution in [2.75, 3.05) is 0 Å². The third-order valence-electron chi connectivity index (χ3n) is 3.55. The van der Waals surface area contributed by atoms with Crippen molar-refractivity contribution in [2.45, 2.75) is 6.92 Å². The monoisotopic (exact) mass is 286 g/mol. The largest absolute Gasteiger partial charge is 0.507 e. The minimum atomic E-state index is -0.833. The number of phenolic OH excluding ortho intramolecular Hbond substituents is 4. The zero-order valence-electron chi connectivity index (χ0n) is 10.8. The summed E-state index contributed by atoms with van der Waals surface area (Å²) in [7, 11) is 0. The van der Waals surface area contributed by atoms with Gasteiger partial charge in [-0.1, -0.05) is 0 Å². The first-order chi connectivity index (χ1) is 9.84. The first kappa shape index (κ1) is 13.0. The molecule has 2 aromatic carbocycles. The summed E-state index contributed by atoms with van der Waals surface area (Å²) in [6.07, 6.45) is 0. The highest BCUT2D eigenvalue weighted by molar-refractivity contribution is 6.31. The molecule has 4 N–H and O–H groups in total. The van der Waals surface area contributed by atoms with E-state index in [2.05, 4.69) is 0 Å². The number of benzene rings is 2. The van der Waals surface area contributed by atoms with Crippen molar-refractivity contribution in [3.8, 4) is 23.0 Å². The van der Waals surface area contributed by atoms with Crippen molar-refractivity contribution < 1.29 is 30.0 Å². The van der Waals surface area contributed by atoms with E-state index in [1.807, 2.05) is 0 Å². The summed E-state index contributed by atoms with van der Waals surface area (Å²) in [6, 6.07) is 3.42. The lowest BCUT2D eigenvalue weighted by atomic mass is 9.81. The van der Waals surface area contributed by atoms with Crippen LogP contribution in [-0.2, 0) is 0 Å². The Hall–Kier alpha value is -3.02. The lowest BCUT2D eigenvalue weighted by Gasteiger charge is -2.21. The molecule has 2 aromatic rings. The van der Waals surface area contributed by atoms with Gasteiger partial charge in [0.05, 0.1) is 16.7 Å². The van der Waals surface area contributed by atoms with E-state index < -0.39 is 28.8 Å². The molecule has 1 aliphatic rings. The molecule has 21 heavy (non-hydrogen) atoms. The van der Waals surface area contributed by atoms with Crippen molar-refractivity contribution in [1.82, 2.24) is 0 Å². The maximum Gasteiger partial charge on any atom is 0.202 e. The Morgan fingerprint density at radius 2 is 1.43 bits per heavy atom. The highest BCUT2D eigenvalue weighted by Crippen LogP contribution is 2.43. The summed E-state index contributed by atoms with van der Waals surface area (Å²) < 4.78 is 0. The molecule has 0 aliphatic heterocycles. The number of phenols is 4. The predicted octanol–water partition coefficient (Wildman–Crippen LogP) is 1.59. The smallest absolute Gasteiger partial charge is 0.202 e. The number of hydrogen-bond acceptors (Lipinski definition) is 6. The zero-order valence-corrected chi connectivity index (χ0v) is 10.8. The van der Waals surface area contributed by atoms with Gasteiger partial charge in [0.2, 0.25) is 5.78 Å². The molecule has 0 unspecified atom stereocenters. The third kappa shape index (κ3) is 1.53. The van der Waals surface area contributed by atoms with Crippen LogP contribution in [0.1, 0.15) is 37.4 Å². The van der Waals surface area contributed by atoms with Crippen LogP contribution in [0.2, 0.25) is 0 Å². The van der Waals surface area contributed by atoms with E-state index in [0.29, 0.717) is 0 Å². The van der Waals surface area contributed by atoms with Crippen LogP contribution < -0.4 is 0 Å². The molecule has 0 bridgehead atoms. The van der Waals surface area contributed by atoms with E-state index in [1.165, 1.54) is 13.0 Å². The molecule has 0 heterocycles. The number of aromatic hydroxyl groups is 4. The van der Waals surface area contributed by atoms with Gasteiger partial charge in [-0.15, -0.1) is 0 Å². The molecule has 0 aromatic heterocycles. The number of rotatable bonds is 0. The Labute approximate surface area is 118 Å². The summed E-state index contributed by atoms with van der Waals surface area (Å²) in [4.78, 5) is 24.8. The lowest BCUT2D eigenvalue weighted by Crippen LogP contribution is -2.21. The summed E-state index contributed by atoms with van der Waals surface area (Å²) >= 11 is 0. The van der Waals surface area contributed by atoms with E-state index in [-0.39, 0.29) is 33.6 Å². The molecule has 0 radical (unpaired) electrons. The Balaban J connectivity index is 2.44. The Morgan fingerprint density at radius 3 is 2.10 bits per heavy atom. The summed E-state index contributed by atoms with van der Waals surface area (Å²) in [5, 5.41) is 39.2. The second-order valence-corrected chi connectivity index (χ2v) is 4.83. The average Bonchev–Trinajstić information content (AvgIpc) is 2.43. The molecule has 0 saturated carbocycles. The number of ketones is 2. The van der Waals surface area contributed by atoms with E-state index in [1.54, 1.807) is 0 Å². The first-order valence-corrected chi connectivity index (χ1v) is 6.04. The van der Waals surface area contributed by atoms with Gasteiger partial charge >= 0.3 is 0 Å². The van der Waals surface area contributed by atoms with Crippen LogP contribution in [0, 0.1) is 6.92 Å². The number of hydrogen-bond donors (Lipinski definition) is 4. The molecule has 0 atom stereocenters. The lowest BCUT2D eigenvalue weighted by molar-refractivity contribution is 0.0971. The van der Waals surface area contributed by atoms with Gasteiger partial charge < -0.3 is 20.4 Å². The molecule has 3 rings (SSSR count). The number of carbonyl (C=O) groups excluding carboxylic acids is 2. The van der Waals surface area contributed by atoms with Gasteiger partial charge in [-0.3, -0.25) is 9.59 Å². The van der Waals surface area contributed by atoms with Crippen LogP contribution in [0.4, 0.5) is 0 Å². The van der Waals surface area contributed by atoms with Crippen molar-refractivity contribution in [3.05, 3.63) is 46.0 Å². The molecule has 1 aliphatic carbocycles. The molecule has 0 fully saturated rings. The molecular formula is C15H10O6. The van der Waals surface area contributed by atoms with Gasteiger partial charge in [0.1, 0.15) is 11.5 Å². The minimum absolute atomic E-state index is 0.136. The Morgan fingerprint density at radius 1 is 0.762 bits per heavy atom. The zero-order chi connectivity index (χ0) is 15.5. The fourth-order valence-corrected chi connectivity index (χ4v) is 2.50. The van der Waals surface area contributed by atoms with Crippen LogP contribution in [0.15, 0.2) is 18.2 Å². The SMILES string of the molecule is Cc1cc(O)c2c(c1O)C(=O)c1ccc(O)c(O)c1C2=O. The average molecular weight is 286 g/mol. The molecule has 6 heteroatoms. The van der Waals surface area contributed by atoms with Crippen LogP contribution >= 0.6 is 0 Å². The Bertz CT molecular complexity index is 835. The van der Waals surface area contributed by atoms with Gasteiger partial charge in [0.25, 0.3) is 0 Å². The van der Waals surface area contributed by atoms with E-state index in [9.17, 15) is 30.0 Å². The molecule has 0 spiro atoms. The second kappa shape index (κ2) is 3.99. The normalized spacial score (nSPS) is 13.0. The number of aryl methyl sites for hydroxylation is 1. The van der Waals surface area contributed by atoms with Crippen molar-refractivity contribution >= 4 is 11.6 Å². The predicted molar refractivity (Wildman–Crippen MR) is 71.1 cm³/mol. The van der Waals surface area contributed by atoms with E-state index >= 15 is 0 Å². The summed E-state index contributed by atoms with van der Waals surface area (Å²) in [5.74, 6) is -3.66. The molecule has 6 nitrogen and oxygen atoms in total. The van der Waals surface area contributed by atoms with Crippen LogP contribution in [0.5, 0.6) is 23.0 Å². The third-order valence-corrected chi connectivity index (χ3v) is 3.55. The van der Waals surface area contributed by atoms with Crippen molar-refractivity contribution in [3.63, 3.8) is 0 Å². The number of fused-ring (bicyclic) bond motifs is 2. The maximum absolute atomic E-state index is 12.4. The van der Waals surface area contributed by atoms with Crippen LogP contribution in [-0.4, -0.2) is 32.0 Å². The van der Waals surface area contributed by atoms with E-state index in [0.717, 1.165) is 12.1 Å². The van der Waals surface area contributed by atoms with Gasteiger partial charge in [-0.05, 0) is 30.7 Å². The topological polar surface area (TPSA) is 115 Å². The maximum atomic E-state index is 12.4. The Kier molecular flexibility index (Phi) is 2.47. The van der Waals surface area contributed by atoms with E-state index in [4.69, 9.17) is 0 Å². The molecule has 0 amide bonds. The first-order valence-electron chi connectivity index (χ1n) is 6.04. The highest BCUT2D eigenvalue weighted by Gasteiger charge is 2.37. The molecule has 0 saturated heterocycles. The van der Waals surface area contributed by atoms with Gasteiger partial charge in [-0.25, -0.2) is 0 Å². The minimum Gasteiger partial charge on any atom is -0.507 e. The standard InChI is InChI=1S/C15H10O6/c1-5-4-8(17)10-11(12(5)18)13(19)6-2-3-7(16)14(20)9(6)15(10)21/h2-4,16-18,20H,1H3.